The fourth-order valence-corrected chi connectivity index (χ4v) is 3.00. The van der Waals surface area contributed by atoms with Gasteiger partial charge in [0.15, 0.2) is 0 Å². The quantitative estimate of drug-likeness (QED) is 0.701. The number of halogens is 1. The number of rotatable bonds is 4. The van der Waals surface area contributed by atoms with Crippen LogP contribution in [0.1, 0.15) is 30.9 Å². The maximum absolute atomic E-state index is 13.3. The summed E-state index contributed by atoms with van der Waals surface area (Å²) in [7, 11) is 0. The fourth-order valence-electron chi connectivity index (χ4n) is 3.00. The van der Waals surface area contributed by atoms with E-state index in [-0.39, 0.29) is 0 Å². The first kappa shape index (κ1) is 16.3. The summed E-state index contributed by atoms with van der Waals surface area (Å²) in [6, 6.07) is 16.9. The van der Waals surface area contributed by atoms with E-state index in [1.807, 2.05) is 36.4 Å². The summed E-state index contributed by atoms with van der Waals surface area (Å²) in [6.07, 6.45) is 3.47. The maximum Gasteiger partial charge on any atom is 0.324 e. The molecule has 1 saturated carbocycles. The summed E-state index contributed by atoms with van der Waals surface area (Å²) in [5.41, 5.74) is 2.26. The van der Waals surface area contributed by atoms with Gasteiger partial charge in [-0.2, -0.15) is 5.10 Å². The molecule has 0 atom stereocenters. The molecule has 2 N–H and O–H groups in total. The second-order valence-electron chi connectivity index (χ2n) is 6.42. The van der Waals surface area contributed by atoms with E-state index in [9.17, 15) is 9.18 Å². The van der Waals surface area contributed by atoms with Gasteiger partial charge in [0.2, 0.25) is 0 Å². The van der Waals surface area contributed by atoms with E-state index in [1.165, 1.54) is 18.6 Å². The van der Waals surface area contributed by atoms with Crippen LogP contribution >= 0.6 is 0 Å². The molecule has 0 bridgehead atoms. The van der Waals surface area contributed by atoms with E-state index < -0.39 is 11.8 Å². The summed E-state index contributed by atoms with van der Waals surface area (Å²) >= 11 is 0. The molecule has 0 unspecified atom stereocenters. The van der Waals surface area contributed by atoms with Crippen molar-refractivity contribution in [2.24, 2.45) is 0 Å². The summed E-state index contributed by atoms with van der Waals surface area (Å²) in [6.45, 7) is 0. The van der Waals surface area contributed by atoms with Crippen LogP contribution in [0.5, 0.6) is 0 Å². The lowest BCUT2D eigenvalue weighted by Crippen LogP contribution is -2.21. The van der Waals surface area contributed by atoms with Crippen molar-refractivity contribution in [1.82, 2.24) is 9.78 Å². The third-order valence-corrected chi connectivity index (χ3v) is 4.58. The van der Waals surface area contributed by atoms with Crippen LogP contribution in [0.15, 0.2) is 60.7 Å². The molecule has 3 aromatic rings. The molecule has 0 saturated heterocycles. The highest BCUT2D eigenvalue weighted by Crippen LogP contribution is 2.37. The Hall–Kier alpha value is -3.15. The van der Waals surface area contributed by atoms with Crippen LogP contribution < -0.4 is 10.6 Å². The number of nitrogens with one attached hydrogen (secondary N) is 2. The molecule has 1 aliphatic carbocycles. The first-order valence-electron chi connectivity index (χ1n) is 8.68. The van der Waals surface area contributed by atoms with E-state index in [0.29, 0.717) is 17.4 Å². The van der Waals surface area contributed by atoms with Gasteiger partial charge in [-0.1, -0.05) is 30.7 Å². The Bertz CT molecular complexity index is 919. The molecule has 26 heavy (non-hydrogen) atoms. The Morgan fingerprint density at radius 3 is 2.54 bits per heavy atom. The molecular weight excluding hydrogens is 331 g/mol. The van der Waals surface area contributed by atoms with Crippen molar-refractivity contribution < 1.29 is 9.18 Å². The van der Waals surface area contributed by atoms with Crippen molar-refractivity contribution in [3.8, 4) is 5.69 Å². The number of carbonyl (C=O) groups excluding carboxylic acids is 1. The first-order chi connectivity index (χ1) is 12.7. The first-order valence-corrected chi connectivity index (χ1v) is 8.68. The van der Waals surface area contributed by atoms with Gasteiger partial charge < -0.3 is 5.32 Å². The fraction of sp³-hybridized carbons (Fsp3) is 0.200. The average molecular weight is 350 g/mol. The largest absolute Gasteiger partial charge is 0.324 e. The molecule has 0 aliphatic heterocycles. The number of anilines is 2. The summed E-state index contributed by atoms with van der Waals surface area (Å²) < 4.78 is 15.0. The topological polar surface area (TPSA) is 59.0 Å². The standard InChI is InChI=1S/C20H19FN4O/c21-15-8-5-9-16(12-15)22-20(26)23-19-13-18(14-6-4-7-14)24-25(19)17-10-2-1-3-11-17/h1-3,5,8-14H,4,6-7H2,(H2,22,23,26). The molecule has 2 aromatic carbocycles. The third-order valence-electron chi connectivity index (χ3n) is 4.58. The van der Waals surface area contributed by atoms with E-state index in [2.05, 4.69) is 10.6 Å². The second-order valence-corrected chi connectivity index (χ2v) is 6.42. The third kappa shape index (κ3) is 3.44. The van der Waals surface area contributed by atoms with Crippen LogP contribution in [0, 0.1) is 5.82 Å². The highest BCUT2D eigenvalue weighted by molar-refractivity contribution is 5.99. The van der Waals surface area contributed by atoms with Crippen molar-refractivity contribution in [3.05, 3.63) is 72.2 Å². The van der Waals surface area contributed by atoms with Crippen LogP contribution in [0.2, 0.25) is 0 Å². The van der Waals surface area contributed by atoms with Crippen LogP contribution in [0.25, 0.3) is 5.69 Å². The van der Waals surface area contributed by atoms with Gasteiger partial charge >= 0.3 is 6.03 Å². The van der Waals surface area contributed by atoms with Crippen LogP contribution in [0.4, 0.5) is 20.7 Å². The van der Waals surface area contributed by atoms with Crippen molar-refractivity contribution in [1.29, 1.82) is 0 Å². The number of urea groups is 1. The van der Waals surface area contributed by atoms with Crippen molar-refractivity contribution in [2.75, 3.05) is 10.6 Å². The molecule has 0 radical (unpaired) electrons. The number of benzene rings is 2. The van der Waals surface area contributed by atoms with Gasteiger partial charge in [0.1, 0.15) is 11.6 Å². The highest BCUT2D eigenvalue weighted by Gasteiger charge is 2.24. The lowest BCUT2D eigenvalue weighted by Gasteiger charge is -2.22. The molecule has 5 nitrogen and oxygen atoms in total. The molecule has 1 heterocycles. The van der Waals surface area contributed by atoms with Gasteiger partial charge in [0.25, 0.3) is 0 Å². The number of aromatic nitrogens is 2. The van der Waals surface area contributed by atoms with E-state index in [4.69, 9.17) is 5.10 Å². The van der Waals surface area contributed by atoms with Crippen LogP contribution in [-0.4, -0.2) is 15.8 Å². The number of hydrogen-bond acceptors (Lipinski definition) is 2. The van der Waals surface area contributed by atoms with E-state index in [0.717, 1.165) is 24.2 Å². The molecule has 0 spiro atoms. The molecule has 132 valence electrons. The average Bonchev–Trinajstić information content (AvgIpc) is 2.97. The Morgan fingerprint density at radius 1 is 1.04 bits per heavy atom. The minimum absolute atomic E-state index is 0.396. The molecular formula is C20H19FN4O. The highest BCUT2D eigenvalue weighted by atomic mass is 19.1. The van der Waals surface area contributed by atoms with Crippen molar-refractivity contribution in [3.63, 3.8) is 0 Å². The smallest absolute Gasteiger partial charge is 0.308 e. The van der Waals surface area contributed by atoms with Crippen molar-refractivity contribution in [2.45, 2.75) is 25.2 Å². The Kier molecular flexibility index (Phi) is 4.39. The number of carbonyl (C=O) groups is 1. The number of amides is 2. The van der Waals surface area contributed by atoms with Crippen molar-refractivity contribution >= 4 is 17.5 Å². The molecule has 1 aliphatic rings. The molecule has 4 rings (SSSR count). The lowest BCUT2D eigenvalue weighted by atomic mass is 9.83. The summed E-state index contributed by atoms with van der Waals surface area (Å²) in [4.78, 5) is 12.4. The monoisotopic (exact) mass is 350 g/mol. The summed E-state index contributed by atoms with van der Waals surface area (Å²) in [5, 5.41) is 10.2. The van der Waals surface area contributed by atoms with Gasteiger partial charge in [-0.25, -0.2) is 13.9 Å². The SMILES string of the molecule is O=C(Nc1cccc(F)c1)Nc1cc(C2CCC2)nn1-c1ccccc1. The number of nitrogens with zero attached hydrogens (tertiary/aromatic N) is 2. The molecule has 1 aromatic heterocycles. The molecule has 6 heteroatoms. The normalized spacial score (nSPS) is 13.9. The Morgan fingerprint density at radius 2 is 1.85 bits per heavy atom. The van der Waals surface area contributed by atoms with Gasteiger partial charge in [0.05, 0.1) is 11.4 Å². The van der Waals surface area contributed by atoms with Gasteiger partial charge in [-0.05, 0) is 43.2 Å². The van der Waals surface area contributed by atoms with Crippen LogP contribution in [0.3, 0.4) is 0 Å². The second kappa shape index (κ2) is 7.00. The minimum Gasteiger partial charge on any atom is -0.308 e. The number of hydrogen-bond donors (Lipinski definition) is 2. The van der Waals surface area contributed by atoms with Gasteiger partial charge in [0, 0.05) is 17.7 Å². The van der Waals surface area contributed by atoms with E-state index >= 15 is 0 Å². The summed E-state index contributed by atoms with van der Waals surface area (Å²) in [5.74, 6) is 0.642. The molecule has 1 fully saturated rings. The van der Waals surface area contributed by atoms with Gasteiger partial charge in [-0.3, -0.25) is 5.32 Å². The number of para-hydroxylation sites is 1. The Labute approximate surface area is 150 Å². The predicted molar refractivity (Wildman–Crippen MR) is 99.2 cm³/mol. The molecule has 2 amide bonds. The zero-order chi connectivity index (χ0) is 17.9. The van der Waals surface area contributed by atoms with E-state index in [1.54, 1.807) is 16.8 Å². The minimum atomic E-state index is -0.437. The van der Waals surface area contributed by atoms with Crippen LogP contribution in [-0.2, 0) is 0 Å². The maximum atomic E-state index is 13.3. The predicted octanol–water partition coefficient (Wildman–Crippen LogP) is 4.92. The zero-order valence-electron chi connectivity index (χ0n) is 14.2. The lowest BCUT2D eigenvalue weighted by molar-refractivity contribution is 0.262. The Balaban J connectivity index is 1.58. The van der Waals surface area contributed by atoms with Gasteiger partial charge in [-0.15, -0.1) is 0 Å². The zero-order valence-corrected chi connectivity index (χ0v) is 14.2.